The first kappa shape index (κ1) is 7.41. The van der Waals surface area contributed by atoms with Gasteiger partial charge in [-0.05, 0) is 18.2 Å². The van der Waals surface area contributed by atoms with Crippen molar-refractivity contribution >= 4 is 0 Å². The molecule has 1 aliphatic rings. The SMILES string of the molecule is OCC1(F)C=CC(F)=CC1. The second kappa shape index (κ2) is 2.50. The molecule has 3 heteroatoms. The van der Waals surface area contributed by atoms with E-state index in [9.17, 15) is 8.78 Å². The van der Waals surface area contributed by atoms with Crippen LogP contribution in [0.5, 0.6) is 0 Å². The lowest BCUT2D eigenvalue weighted by molar-refractivity contribution is 0.115. The van der Waals surface area contributed by atoms with E-state index in [0.29, 0.717) is 0 Å². The van der Waals surface area contributed by atoms with Crippen LogP contribution >= 0.6 is 0 Å². The van der Waals surface area contributed by atoms with Crippen molar-refractivity contribution < 1.29 is 13.9 Å². The summed E-state index contributed by atoms with van der Waals surface area (Å²) in [4.78, 5) is 0. The van der Waals surface area contributed by atoms with Gasteiger partial charge in [-0.3, -0.25) is 0 Å². The summed E-state index contributed by atoms with van der Waals surface area (Å²) in [6, 6.07) is 0. The Labute approximate surface area is 57.7 Å². The summed E-state index contributed by atoms with van der Waals surface area (Å²) in [6.07, 6.45) is 3.12. The first-order chi connectivity index (χ1) is 4.66. The van der Waals surface area contributed by atoms with Crippen molar-refractivity contribution in [3.05, 3.63) is 24.1 Å². The fourth-order valence-electron chi connectivity index (χ4n) is 0.749. The maximum Gasteiger partial charge on any atom is 0.155 e. The lowest BCUT2D eigenvalue weighted by Crippen LogP contribution is -2.25. The number of alkyl halides is 1. The Morgan fingerprint density at radius 1 is 1.70 bits per heavy atom. The molecule has 0 saturated carbocycles. The van der Waals surface area contributed by atoms with Gasteiger partial charge in [0.05, 0.1) is 6.61 Å². The third-order valence-electron chi connectivity index (χ3n) is 1.44. The van der Waals surface area contributed by atoms with Crippen LogP contribution in [-0.4, -0.2) is 17.4 Å². The minimum absolute atomic E-state index is 0.0775. The van der Waals surface area contributed by atoms with E-state index < -0.39 is 18.1 Å². The lowest BCUT2D eigenvalue weighted by Gasteiger charge is -2.18. The summed E-state index contributed by atoms with van der Waals surface area (Å²) in [5.41, 5.74) is -1.74. The molecule has 1 atom stereocenters. The van der Waals surface area contributed by atoms with Gasteiger partial charge in [0, 0.05) is 6.42 Å². The molecule has 0 aliphatic heterocycles. The summed E-state index contributed by atoms with van der Waals surface area (Å²) < 4.78 is 25.1. The molecule has 0 aromatic heterocycles. The molecule has 10 heavy (non-hydrogen) atoms. The van der Waals surface area contributed by atoms with E-state index in [1.165, 1.54) is 0 Å². The Morgan fingerprint density at radius 3 is 2.80 bits per heavy atom. The largest absolute Gasteiger partial charge is 0.393 e. The zero-order valence-electron chi connectivity index (χ0n) is 5.35. The highest BCUT2D eigenvalue weighted by atomic mass is 19.1. The maximum atomic E-state index is 12.9. The normalized spacial score (nSPS) is 32.1. The van der Waals surface area contributed by atoms with Gasteiger partial charge in [0.1, 0.15) is 5.83 Å². The van der Waals surface area contributed by atoms with Crippen molar-refractivity contribution in [2.75, 3.05) is 6.61 Å². The Morgan fingerprint density at radius 2 is 2.40 bits per heavy atom. The van der Waals surface area contributed by atoms with Crippen molar-refractivity contribution in [1.82, 2.24) is 0 Å². The van der Waals surface area contributed by atoms with Crippen LogP contribution in [0.1, 0.15) is 6.42 Å². The molecule has 1 nitrogen and oxygen atoms in total. The zero-order valence-corrected chi connectivity index (χ0v) is 5.35. The highest BCUT2D eigenvalue weighted by molar-refractivity contribution is 5.22. The van der Waals surface area contributed by atoms with Crippen LogP contribution in [0.2, 0.25) is 0 Å². The second-order valence-electron chi connectivity index (χ2n) is 2.32. The van der Waals surface area contributed by atoms with Gasteiger partial charge in [0.2, 0.25) is 0 Å². The summed E-state index contributed by atoms with van der Waals surface area (Å²) in [6.45, 7) is -0.590. The first-order valence-electron chi connectivity index (χ1n) is 3.01. The topological polar surface area (TPSA) is 20.2 Å². The molecule has 0 aromatic rings. The molecule has 0 amide bonds. The van der Waals surface area contributed by atoms with Gasteiger partial charge in [0.25, 0.3) is 0 Å². The van der Waals surface area contributed by atoms with Crippen molar-refractivity contribution in [1.29, 1.82) is 0 Å². The molecule has 1 rings (SSSR count). The van der Waals surface area contributed by atoms with Crippen LogP contribution in [0.25, 0.3) is 0 Å². The maximum absolute atomic E-state index is 12.9. The highest BCUT2D eigenvalue weighted by Gasteiger charge is 2.26. The Balaban J connectivity index is 2.67. The summed E-state index contributed by atoms with van der Waals surface area (Å²) in [5.74, 6) is -0.443. The van der Waals surface area contributed by atoms with E-state index in [-0.39, 0.29) is 6.42 Å². The predicted molar refractivity (Wildman–Crippen MR) is 33.9 cm³/mol. The molecule has 0 heterocycles. The molecule has 0 bridgehead atoms. The number of aliphatic hydroxyl groups is 1. The van der Waals surface area contributed by atoms with E-state index in [2.05, 4.69) is 0 Å². The fourth-order valence-corrected chi connectivity index (χ4v) is 0.749. The quantitative estimate of drug-likeness (QED) is 0.594. The molecule has 0 fully saturated rings. The minimum Gasteiger partial charge on any atom is -0.393 e. The number of hydrogen-bond donors (Lipinski definition) is 1. The van der Waals surface area contributed by atoms with Crippen LogP contribution in [0, 0.1) is 0 Å². The molecule has 0 spiro atoms. The van der Waals surface area contributed by atoms with Crippen molar-refractivity contribution in [2.45, 2.75) is 12.1 Å². The molecule has 0 saturated heterocycles. The first-order valence-corrected chi connectivity index (χ1v) is 3.01. The van der Waals surface area contributed by atoms with Crippen molar-refractivity contribution in [2.24, 2.45) is 0 Å². The smallest absolute Gasteiger partial charge is 0.155 e. The molecule has 0 radical (unpaired) electrons. The van der Waals surface area contributed by atoms with Crippen molar-refractivity contribution in [3.8, 4) is 0 Å². The average Bonchev–Trinajstić information content (AvgIpc) is 1.96. The van der Waals surface area contributed by atoms with Gasteiger partial charge < -0.3 is 5.11 Å². The Bertz CT molecular complexity index is 186. The third-order valence-corrected chi connectivity index (χ3v) is 1.44. The molecular weight excluding hydrogens is 138 g/mol. The van der Waals surface area contributed by atoms with Crippen LogP contribution in [-0.2, 0) is 0 Å². The number of aliphatic hydroxyl groups excluding tert-OH is 1. The highest BCUT2D eigenvalue weighted by Crippen LogP contribution is 2.24. The third kappa shape index (κ3) is 1.42. The van der Waals surface area contributed by atoms with Crippen LogP contribution in [0.4, 0.5) is 8.78 Å². The van der Waals surface area contributed by atoms with E-state index >= 15 is 0 Å². The van der Waals surface area contributed by atoms with E-state index in [4.69, 9.17) is 5.11 Å². The van der Waals surface area contributed by atoms with Gasteiger partial charge in [-0.1, -0.05) is 0 Å². The standard InChI is InChI=1S/C7H8F2O/c8-6-1-3-7(9,5-10)4-2-6/h1-3,10H,4-5H2. The van der Waals surface area contributed by atoms with Gasteiger partial charge in [-0.15, -0.1) is 0 Å². The molecular formula is C7H8F2O. The van der Waals surface area contributed by atoms with Gasteiger partial charge in [0.15, 0.2) is 5.67 Å². The summed E-state index contributed by atoms with van der Waals surface area (Å²) >= 11 is 0. The van der Waals surface area contributed by atoms with Gasteiger partial charge in [-0.25, -0.2) is 8.78 Å². The molecule has 1 N–H and O–H groups in total. The Hall–Kier alpha value is -0.700. The lowest BCUT2D eigenvalue weighted by atomic mass is 9.98. The summed E-state index contributed by atoms with van der Waals surface area (Å²) in [5, 5.41) is 8.46. The van der Waals surface area contributed by atoms with E-state index in [1.54, 1.807) is 0 Å². The van der Waals surface area contributed by atoms with Gasteiger partial charge >= 0.3 is 0 Å². The number of rotatable bonds is 1. The molecule has 56 valence electrons. The van der Waals surface area contributed by atoms with E-state index in [0.717, 1.165) is 18.2 Å². The molecule has 1 aliphatic carbocycles. The number of halogens is 2. The number of hydrogen-bond acceptors (Lipinski definition) is 1. The van der Waals surface area contributed by atoms with Crippen LogP contribution < -0.4 is 0 Å². The molecule has 0 aromatic carbocycles. The average molecular weight is 146 g/mol. The van der Waals surface area contributed by atoms with Crippen LogP contribution in [0.15, 0.2) is 24.1 Å². The molecule has 1 unspecified atom stereocenters. The second-order valence-corrected chi connectivity index (χ2v) is 2.32. The zero-order chi connectivity index (χ0) is 7.61. The fraction of sp³-hybridized carbons (Fsp3) is 0.429. The Kier molecular flexibility index (Phi) is 1.85. The monoisotopic (exact) mass is 146 g/mol. The van der Waals surface area contributed by atoms with Crippen LogP contribution in [0.3, 0.4) is 0 Å². The van der Waals surface area contributed by atoms with Gasteiger partial charge in [-0.2, -0.15) is 0 Å². The summed E-state index contributed by atoms with van der Waals surface area (Å²) in [7, 11) is 0. The van der Waals surface area contributed by atoms with E-state index in [1.807, 2.05) is 0 Å². The van der Waals surface area contributed by atoms with Crippen molar-refractivity contribution in [3.63, 3.8) is 0 Å². The minimum atomic E-state index is -1.74. The predicted octanol–water partition coefficient (Wildman–Crippen LogP) is 1.50. The number of allylic oxidation sites excluding steroid dienone is 3.